The van der Waals surface area contributed by atoms with E-state index in [2.05, 4.69) is 10.6 Å². The van der Waals surface area contributed by atoms with Gasteiger partial charge in [0, 0.05) is 42.8 Å². The Morgan fingerprint density at radius 2 is 1.38 bits per heavy atom. The van der Waals surface area contributed by atoms with Gasteiger partial charge in [0.05, 0.1) is 34.4 Å². The number of rotatable bonds is 9. The Bertz CT molecular complexity index is 1160. The Hall–Kier alpha value is -3.36. The quantitative estimate of drug-likeness (QED) is 0.156. The van der Waals surface area contributed by atoms with E-state index in [0.717, 1.165) is 30.6 Å². The topological polar surface area (TPSA) is 106 Å². The zero-order chi connectivity index (χ0) is 28.1. The molecule has 0 radical (unpaired) electrons. The zero-order valence-electron chi connectivity index (χ0n) is 19.2. The van der Waals surface area contributed by atoms with Crippen molar-refractivity contribution in [2.24, 2.45) is 0 Å². The number of carbonyl (C=O) groups excluding carboxylic acids is 2. The summed E-state index contributed by atoms with van der Waals surface area (Å²) in [5.74, 6) is 0.726. The zero-order valence-corrected chi connectivity index (χ0v) is 20.8. The maximum atomic E-state index is 12.8. The minimum atomic E-state index is -4.66. The number of amides is 1. The maximum Gasteiger partial charge on any atom is 0.417 e. The van der Waals surface area contributed by atoms with Gasteiger partial charge in [-0.05, 0) is 36.4 Å². The summed E-state index contributed by atoms with van der Waals surface area (Å²) in [5.41, 5.74) is -2.51. The van der Waals surface area contributed by atoms with Gasteiger partial charge in [-0.25, -0.2) is 0 Å². The minimum absolute atomic E-state index is 0.0000621. The van der Waals surface area contributed by atoms with Gasteiger partial charge in [0.1, 0.15) is 6.29 Å². The normalized spacial score (nSPS) is 10.8. The van der Waals surface area contributed by atoms with E-state index in [-0.39, 0.29) is 17.7 Å². The third-order valence-corrected chi connectivity index (χ3v) is 6.72. The number of nitrogens with zero attached hydrogens (tertiary/aromatic N) is 2. The molecule has 0 spiro atoms. The third kappa shape index (κ3) is 11.1. The van der Waals surface area contributed by atoms with Crippen LogP contribution in [0.2, 0.25) is 0 Å². The molecule has 6 nitrogen and oxygen atoms in total. The predicted octanol–water partition coefficient (Wildman–Crippen LogP) is 6.49. The number of aldehydes is 1. The second-order valence-corrected chi connectivity index (χ2v) is 9.59. The molecule has 0 saturated heterocycles. The van der Waals surface area contributed by atoms with E-state index in [4.69, 9.17) is 10.5 Å². The monoisotopic (exact) mass is 562 g/mol. The molecule has 0 aliphatic carbocycles. The van der Waals surface area contributed by atoms with Gasteiger partial charge in [-0.3, -0.25) is 4.79 Å². The number of halogens is 6. The van der Waals surface area contributed by atoms with Crippen molar-refractivity contribution in [2.45, 2.75) is 25.2 Å². The van der Waals surface area contributed by atoms with Crippen LogP contribution in [0.15, 0.2) is 36.4 Å². The summed E-state index contributed by atoms with van der Waals surface area (Å²) in [7, 11) is 4.39. The second kappa shape index (κ2) is 15.0. The highest BCUT2D eigenvalue weighted by Crippen LogP contribution is 2.34. The van der Waals surface area contributed by atoms with E-state index in [1.165, 1.54) is 52.9 Å². The Kier molecular flexibility index (Phi) is 12.9. The molecule has 0 aliphatic heterocycles. The first-order valence-corrected chi connectivity index (χ1v) is 12.7. The van der Waals surface area contributed by atoms with E-state index in [1.807, 2.05) is 0 Å². The van der Waals surface area contributed by atoms with Crippen molar-refractivity contribution >= 4 is 45.2 Å². The summed E-state index contributed by atoms with van der Waals surface area (Å²) >= 11 is 0. The highest BCUT2D eigenvalue weighted by atomic mass is 33.1. The van der Waals surface area contributed by atoms with Crippen LogP contribution in [0.4, 0.5) is 37.7 Å². The Morgan fingerprint density at radius 1 is 0.892 bits per heavy atom. The summed E-state index contributed by atoms with van der Waals surface area (Å²) in [6.07, 6.45) is -7.76. The highest BCUT2D eigenvalue weighted by Gasteiger charge is 2.34. The molecule has 0 aliphatic rings. The molecule has 2 rings (SSSR count). The van der Waals surface area contributed by atoms with E-state index < -0.39 is 35.0 Å². The molecule has 0 unspecified atom stereocenters. The van der Waals surface area contributed by atoms with Gasteiger partial charge >= 0.3 is 12.4 Å². The van der Waals surface area contributed by atoms with Crippen LogP contribution in [0, 0.1) is 22.7 Å². The van der Waals surface area contributed by atoms with Crippen LogP contribution in [0.1, 0.15) is 35.1 Å². The Morgan fingerprint density at radius 3 is 1.84 bits per heavy atom. The number of hydrogen-bond acceptors (Lipinski definition) is 7. The van der Waals surface area contributed by atoms with E-state index in [0.29, 0.717) is 23.6 Å². The summed E-state index contributed by atoms with van der Waals surface area (Å²) < 4.78 is 75.5. The van der Waals surface area contributed by atoms with Crippen LogP contribution >= 0.6 is 21.6 Å². The molecule has 2 aromatic carbocycles. The number of anilines is 2. The van der Waals surface area contributed by atoms with Crippen molar-refractivity contribution in [1.29, 1.82) is 10.5 Å². The van der Waals surface area contributed by atoms with Crippen LogP contribution in [0.3, 0.4) is 0 Å². The van der Waals surface area contributed by atoms with Crippen molar-refractivity contribution in [2.75, 3.05) is 29.2 Å². The molecule has 2 N–H and O–H groups in total. The van der Waals surface area contributed by atoms with Gasteiger partial charge in [0.25, 0.3) is 0 Å². The first kappa shape index (κ1) is 31.7. The largest absolute Gasteiger partial charge is 0.417 e. The fourth-order valence-corrected chi connectivity index (χ4v) is 4.50. The lowest BCUT2D eigenvalue weighted by Crippen LogP contribution is -2.14. The molecular formula is C23H20F6N4O2S2. The van der Waals surface area contributed by atoms with Gasteiger partial charge in [-0.1, -0.05) is 21.6 Å². The number of nitriles is 2. The molecule has 198 valence electrons. The van der Waals surface area contributed by atoms with Gasteiger partial charge in [-0.15, -0.1) is 0 Å². The molecule has 14 heteroatoms. The van der Waals surface area contributed by atoms with Crippen LogP contribution in [-0.4, -0.2) is 30.7 Å². The molecule has 0 atom stereocenters. The molecule has 0 saturated carbocycles. The SMILES string of the molecule is CNc1ccc(C#N)c(C(F)(F)F)c1.N#Cc1ccc(NC(=O)CCSSCCC=O)cc1C(F)(F)F. The van der Waals surface area contributed by atoms with Crippen molar-refractivity contribution in [3.8, 4) is 12.1 Å². The predicted molar refractivity (Wildman–Crippen MR) is 131 cm³/mol. The third-order valence-electron chi connectivity index (χ3n) is 4.28. The van der Waals surface area contributed by atoms with Gasteiger partial charge < -0.3 is 15.4 Å². The first-order chi connectivity index (χ1) is 17.4. The highest BCUT2D eigenvalue weighted by molar-refractivity contribution is 8.76. The smallest absolute Gasteiger partial charge is 0.388 e. The average molecular weight is 563 g/mol. The summed E-state index contributed by atoms with van der Waals surface area (Å²) in [6, 6.07) is 9.51. The molecule has 0 heterocycles. The standard InChI is InChI=1S/C14H13F3N2O2S2.C9H7F3N2/c15-14(16,17)12-8-11(3-2-10(12)9-18)19-13(21)4-7-23-22-6-1-5-20;1-14-7-3-2-6(5-13)8(4-7)9(10,11)12/h2-3,5,8H,1,4,6-7H2,(H,19,21);2-4,14H,1H3. The first-order valence-electron chi connectivity index (χ1n) is 10.3. The van der Waals surface area contributed by atoms with Crippen LogP contribution in [0.25, 0.3) is 0 Å². The van der Waals surface area contributed by atoms with Crippen LogP contribution < -0.4 is 10.6 Å². The van der Waals surface area contributed by atoms with Crippen molar-refractivity contribution in [3.63, 3.8) is 0 Å². The lowest BCUT2D eigenvalue weighted by atomic mass is 10.1. The summed E-state index contributed by atoms with van der Waals surface area (Å²) in [6.45, 7) is 0. The fraction of sp³-hybridized carbons (Fsp3) is 0.304. The lowest BCUT2D eigenvalue weighted by Gasteiger charge is -2.11. The molecule has 0 bridgehead atoms. The molecule has 2 aromatic rings. The minimum Gasteiger partial charge on any atom is -0.388 e. The molecular weight excluding hydrogens is 542 g/mol. The number of hydrogen-bond donors (Lipinski definition) is 2. The van der Waals surface area contributed by atoms with Gasteiger partial charge in [0.2, 0.25) is 5.91 Å². The maximum absolute atomic E-state index is 12.8. The molecule has 0 aromatic heterocycles. The number of carbonyl (C=O) groups is 2. The van der Waals surface area contributed by atoms with E-state index in [1.54, 1.807) is 0 Å². The van der Waals surface area contributed by atoms with E-state index in [9.17, 15) is 35.9 Å². The Balaban J connectivity index is 0.000000417. The van der Waals surface area contributed by atoms with Gasteiger partial charge in [-0.2, -0.15) is 36.9 Å². The second-order valence-electron chi connectivity index (χ2n) is 6.89. The Labute approximate surface area is 216 Å². The van der Waals surface area contributed by atoms with Crippen molar-refractivity contribution in [1.82, 2.24) is 0 Å². The molecule has 37 heavy (non-hydrogen) atoms. The summed E-state index contributed by atoms with van der Waals surface area (Å²) in [5, 5.41) is 22.1. The average Bonchev–Trinajstić information content (AvgIpc) is 2.85. The van der Waals surface area contributed by atoms with Crippen molar-refractivity contribution in [3.05, 3.63) is 58.7 Å². The molecule has 0 fully saturated rings. The summed E-state index contributed by atoms with van der Waals surface area (Å²) in [4.78, 5) is 21.8. The lowest BCUT2D eigenvalue weighted by molar-refractivity contribution is -0.138. The number of nitrogens with one attached hydrogen (secondary N) is 2. The van der Waals surface area contributed by atoms with E-state index >= 15 is 0 Å². The van der Waals surface area contributed by atoms with Crippen LogP contribution in [0.5, 0.6) is 0 Å². The van der Waals surface area contributed by atoms with Crippen LogP contribution in [-0.2, 0) is 21.9 Å². The fourth-order valence-electron chi connectivity index (χ4n) is 2.56. The molecule has 1 amide bonds. The number of benzene rings is 2. The number of alkyl halides is 6. The van der Waals surface area contributed by atoms with Gasteiger partial charge in [0.15, 0.2) is 0 Å². The van der Waals surface area contributed by atoms with Crippen molar-refractivity contribution < 1.29 is 35.9 Å².